The first-order valence-electron chi connectivity index (χ1n) is 6.70. The van der Waals surface area contributed by atoms with Crippen LogP contribution in [0.5, 0.6) is 0 Å². The van der Waals surface area contributed by atoms with Crippen molar-refractivity contribution in [1.82, 2.24) is 5.32 Å². The highest BCUT2D eigenvalue weighted by Gasteiger charge is 2.05. The van der Waals surface area contributed by atoms with Gasteiger partial charge in [0.15, 0.2) is 0 Å². The molecule has 1 nitrogen and oxygen atoms in total. The van der Waals surface area contributed by atoms with Crippen molar-refractivity contribution in [3.8, 4) is 0 Å². The van der Waals surface area contributed by atoms with Gasteiger partial charge in [0.25, 0.3) is 0 Å². The van der Waals surface area contributed by atoms with Crippen molar-refractivity contribution < 1.29 is 4.39 Å². The highest BCUT2D eigenvalue weighted by molar-refractivity contribution is 5.24. The van der Waals surface area contributed by atoms with Crippen LogP contribution in [0.15, 0.2) is 48.5 Å². The Bertz CT molecular complexity index is 536. The minimum atomic E-state index is -0.118. The zero-order valence-corrected chi connectivity index (χ0v) is 11.5. The summed E-state index contributed by atoms with van der Waals surface area (Å²) in [5.74, 6) is -0.118. The monoisotopic (exact) mass is 257 g/mol. The second-order valence-electron chi connectivity index (χ2n) is 4.93. The van der Waals surface area contributed by atoms with Gasteiger partial charge in [0.1, 0.15) is 5.82 Å². The van der Waals surface area contributed by atoms with Crippen molar-refractivity contribution in [2.75, 3.05) is 6.54 Å². The van der Waals surface area contributed by atoms with Gasteiger partial charge in [-0.2, -0.15) is 0 Å². The van der Waals surface area contributed by atoms with Gasteiger partial charge in [-0.25, -0.2) is 4.39 Å². The highest BCUT2D eigenvalue weighted by Crippen LogP contribution is 2.14. The maximum atomic E-state index is 13.5. The summed E-state index contributed by atoms with van der Waals surface area (Å²) in [6.45, 7) is 5.00. The normalized spacial score (nSPS) is 12.4. The third-order valence-corrected chi connectivity index (χ3v) is 3.34. The third kappa shape index (κ3) is 3.90. The Morgan fingerprint density at radius 2 is 1.89 bits per heavy atom. The molecule has 2 aromatic carbocycles. The van der Waals surface area contributed by atoms with Gasteiger partial charge in [-0.05, 0) is 44.0 Å². The molecule has 100 valence electrons. The van der Waals surface area contributed by atoms with Gasteiger partial charge in [-0.3, -0.25) is 0 Å². The zero-order valence-electron chi connectivity index (χ0n) is 11.5. The van der Waals surface area contributed by atoms with Gasteiger partial charge in [0.05, 0.1) is 0 Å². The van der Waals surface area contributed by atoms with E-state index >= 15 is 0 Å². The Labute approximate surface area is 114 Å². The fourth-order valence-electron chi connectivity index (χ4n) is 2.18. The average molecular weight is 257 g/mol. The van der Waals surface area contributed by atoms with Gasteiger partial charge in [0.2, 0.25) is 0 Å². The number of rotatable bonds is 5. The Balaban J connectivity index is 1.88. The van der Waals surface area contributed by atoms with E-state index < -0.39 is 0 Å². The Morgan fingerprint density at radius 1 is 1.11 bits per heavy atom. The molecule has 1 N–H and O–H groups in total. The Morgan fingerprint density at radius 3 is 2.63 bits per heavy atom. The molecule has 1 atom stereocenters. The van der Waals surface area contributed by atoms with Crippen LogP contribution in [0.3, 0.4) is 0 Å². The molecule has 2 rings (SSSR count). The van der Waals surface area contributed by atoms with Gasteiger partial charge < -0.3 is 5.32 Å². The minimum Gasteiger partial charge on any atom is -0.310 e. The second-order valence-corrected chi connectivity index (χ2v) is 4.93. The lowest BCUT2D eigenvalue weighted by Crippen LogP contribution is -2.21. The molecule has 0 aliphatic rings. The molecule has 0 spiro atoms. The van der Waals surface area contributed by atoms with E-state index in [1.54, 1.807) is 6.07 Å². The van der Waals surface area contributed by atoms with E-state index in [9.17, 15) is 4.39 Å². The number of aryl methyl sites for hydroxylation is 1. The van der Waals surface area contributed by atoms with Crippen molar-refractivity contribution in [3.63, 3.8) is 0 Å². The summed E-state index contributed by atoms with van der Waals surface area (Å²) in [5, 5.41) is 3.44. The molecule has 2 aromatic rings. The van der Waals surface area contributed by atoms with E-state index in [0.29, 0.717) is 6.42 Å². The Hall–Kier alpha value is -1.67. The topological polar surface area (TPSA) is 12.0 Å². The predicted octanol–water partition coefficient (Wildman–Crippen LogP) is 4.03. The molecule has 0 aliphatic heterocycles. The predicted molar refractivity (Wildman–Crippen MR) is 77.7 cm³/mol. The summed E-state index contributed by atoms with van der Waals surface area (Å²) in [6.07, 6.45) is 0.711. The highest BCUT2D eigenvalue weighted by atomic mass is 19.1. The van der Waals surface area contributed by atoms with Crippen LogP contribution in [0.4, 0.5) is 4.39 Å². The van der Waals surface area contributed by atoms with Crippen LogP contribution in [0, 0.1) is 12.7 Å². The van der Waals surface area contributed by atoms with Crippen LogP contribution in [-0.4, -0.2) is 6.54 Å². The molecule has 2 heteroatoms. The lowest BCUT2D eigenvalue weighted by Gasteiger charge is -2.15. The number of hydrogen-bond donors (Lipinski definition) is 1. The summed E-state index contributed by atoms with van der Waals surface area (Å²) in [5.41, 5.74) is 3.31. The fourth-order valence-corrected chi connectivity index (χ4v) is 2.18. The quantitative estimate of drug-likeness (QED) is 0.852. The molecule has 0 saturated heterocycles. The van der Waals surface area contributed by atoms with E-state index in [4.69, 9.17) is 0 Å². The van der Waals surface area contributed by atoms with Gasteiger partial charge in [-0.15, -0.1) is 0 Å². The fraction of sp³-hybridized carbons (Fsp3) is 0.294. The number of nitrogens with one attached hydrogen (secondary N) is 1. The molecular formula is C17H20FN. The largest absolute Gasteiger partial charge is 0.310 e. The number of benzene rings is 2. The molecule has 0 bridgehead atoms. The zero-order chi connectivity index (χ0) is 13.7. The van der Waals surface area contributed by atoms with E-state index in [2.05, 4.69) is 43.4 Å². The molecule has 19 heavy (non-hydrogen) atoms. The molecular weight excluding hydrogens is 237 g/mol. The summed E-state index contributed by atoms with van der Waals surface area (Å²) < 4.78 is 13.5. The van der Waals surface area contributed by atoms with Crippen LogP contribution in [0.2, 0.25) is 0 Å². The molecule has 0 radical (unpaired) electrons. The van der Waals surface area contributed by atoms with Crippen molar-refractivity contribution >= 4 is 0 Å². The lowest BCUT2D eigenvalue weighted by atomic mass is 10.1. The maximum Gasteiger partial charge on any atom is 0.126 e. The van der Waals surface area contributed by atoms with Crippen LogP contribution in [0.1, 0.15) is 29.7 Å². The van der Waals surface area contributed by atoms with Crippen LogP contribution in [-0.2, 0) is 6.42 Å². The van der Waals surface area contributed by atoms with E-state index in [0.717, 1.165) is 12.1 Å². The SMILES string of the molecule is Cc1cccc(C(C)NCCc2ccccc2F)c1. The van der Waals surface area contributed by atoms with Crippen molar-refractivity contribution in [1.29, 1.82) is 0 Å². The first-order chi connectivity index (χ1) is 9.16. The van der Waals surface area contributed by atoms with E-state index in [-0.39, 0.29) is 11.9 Å². The molecule has 0 saturated carbocycles. The summed E-state index contributed by atoms with van der Waals surface area (Å²) in [7, 11) is 0. The molecule has 0 fully saturated rings. The summed E-state index contributed by atoms with van der Waals surface area (Å²) >= 11 is 0. The van der Waals surface area contributed by atoms with Crippen molar-refractivity contribution in [2.45, 2.75) is 26.3 Å². The Kier molecular flexibility index (Phi) is 4.69. The third-order valence-electron chi connectivity index (χ3n) is 3.34. The van der Waals surface area contributed by atoms with Gasteiger partial charge in [-0.1, -0.05) is 48.0 Å². The first kappa shape index (κ1) is 13.8. The summed E-state index contributed by atoms with van der Waals surface area (Å²) in [4.78, 5) is 0. The van der Waals surface area contributed by atoms with Crippen molar-refractivity contribution in [2.24, 2.45) is 0 Å². The van der Waals surface area contributed by atoms with E-state index in [1.807, 2.05) is 12.1 Å². The summed E-state index contributed by atoms with van der Waals surface area (Å²) in [6, 6.07) is 15.7. The minimum absolute atomic E-state index is 0.118. The van der Waals surface area contributed by atoms with Crippen molar-refractivity contribution in [3.05, 3.63) is 71.0 Å². The van der Waals surface area contributed by atoms with Crippen LogP contribution < -0.4 is 5.32 Å². The first-order valence-corrected chi connectivity index (χ1v) is 6.70. The molecule has 0 aromatic heterocycles. The standard InChI is InChI=1S/C17H20FN/c1-13-6-5-8-16(12-13)14(2)19-11-10-15-7-3-4-9-17(15)18/h3-9,12,14,19H,10-11H2,1-2H3. The van der Waals surface area contributed by atoms with Gasteiger partial charge in [0, 0.05) is 6.04 Å². The molecule has 0 amide bonds. The second kappa shape index (κ2) is 6.48. The maximum absolute atomic E-state index is 13.5. The number of halogens is 1. The van der Waals surface area contributed by atoms with Crippen LogP contribution >= 0.6 is 0 Å². The molecule has 0 heterocycles. The van der Waals surface area contributed by atoms with Gasteiger partial charge >= 0.3 is 0 Å². The molecule has 1 unspecified atom stereocenters. The average Bonchev–Trinajstić information content (AvgIpc) is 2.41. The van der Waals surface area contributed by atoms with E-state index in [1.165, 1.54) is 17.2 Å². The lowest BCUT2D eigenvalue weighted by molar-refractivity contribution is 0.559. The number of hydrogen-bond acceptors (Lipinski definition) is 1. The molecule has 0 aliphatic carbocycles. The van der Waals surface area contributed by atoms with Crippen LogP contribution in [0.25, 0.3) is 0 Å². The smallest absolute Gasteiger partial charge is 0.126 e.